The molecule has 1 unspecified atom stereocenters. The molecule has 3 aliphatic rings. The summed E-state index contributed by atoms with van der Waals surface area (Å²) >= 11 is 0. The van der Waals surface area contributed by atoms with Crippen molar-refractivity contribution < 1.29 is 0 Å². The molecule has 3 aliphatic heterocycles. The van der Waals surface area contributed by atoms with Crippen molar-refractivity contribution in [1.82, 2.24) is 21.3 Å². The Labute approximate surface area is 183 Å². The lowest BCUT2D eigenvalue weighted by Gasteiger charge is -2.23. The Morgan fingerprint density at radius 2 is 2.06 bits per heavy atom. The number of hydrogen-bond donors (Lipinski definition) is 4. The van der Waals surface area contributed by atoms with E-state index in [9.17, 15) is 0 Å². The molecule has 0 aliphatic carbocycles. The van der Waals surface area contributed by atoms with Gasteiger partial charge in [-0.05, 0) is 66.8 Å². The Morgan fingerprint density at radius 3 is 2.84 bits per heavy atom. The van der Waals surface area contributed by atoms with E-state index in [1.165, 1.54) is 28.0 Å². The molecule has 6 heteroatoms. The van der Waals surface area contributed by atoms with Crippen molar-refractivity contribution in [2.45, 2.75) is 32.2 Å². The molecule has 2 aromatic carbocycles. The van der Waals surface area contributed by atoms with Crippen LogP contribution in [0.15, 0.2) is 54.2 Å². The van der Waals surface area contributed by atoms with Crippen molar-refractivity contribution in [3.8, 4) is 6.07 Å². The standard InChI is InChI=1S/C25H28N6/c1-17-25-22-7-4-20(19-9-13-27-14-10-19)16-23(22)24(11-15-31(25)30-29-17)28-21-5-2-18(3-6-21)8-12-26/h2-7,9,16,24,27-30H,8,10-11,13-15H2,1H3. The van der Waals surface area contributed by atoms with Gasteiger partial charge in [0, 0.05) is 24.3 Å². The Morgan fingerprint density at radius 1 is 1.19 bits per heavy atom. The fraction of sp³-hybridized carbons (Fsp3) is 0.320. The molecule has 3 heterocycles. The zero-order valence-electron chi connectivity index (χ0n) is 17.8. The molecule has 4 N–H and O–H groups in total. The molecule has 158 valence electrons. The van der Waals surface area contributed by atoms with Crippen LogP contribution in [0.3, 0.4) is 0 Å². The molecular formula is C25H28N6. The molecule has 2 aromatic rings. The highest BCUT2D eigenvalue weighted by Crippen LogP contribution is 2.38. The predicted octanol–water partition coefficient (Wildman–Crippen LogP) is 3.70. The topological polar surface area (TPSA) is 75.1 Å². The van der Waals surface area contributed by atoms with Crippen LogP contribution in [0.1, 0.15) is 48.1 Å². The van der Waals surface area contributed by atoms with Crippen molar-refractivity contribution in [3.05, 3.63) is 76.5 Å². The summed E-state index contributed by atoms with van der Waals surface area (Å²) in [5.74, 6) is 0. The molecule has 0 saturated carbocycles. The summed E-state index contributed by atoms with van der Waals surface area (Å²) in [6, 6.07) is 17.6. The van der Waals surface area contributed by atoms with Gasteiger partial charge in [-0.1, -0.05) is 30.3 Å². The maximum absolute atomic E-state index is 8.93. The van der Waals surface area contributed by atoms with Crippen LogP contribution in [0, 0.1) is 11.3 Å². The summed E-state index contributed by atoms with van der Waals surface area (Å²) < 4.78 is 0. The highest BCUT2D eigenvalue weighted by molar-refractivity contribution is 5.76. The number of nitriles is 1. The molecule has 0 spiro atoms. The number of allylic oxidation sites excluding steroid dienone is 1. The van der Waals surface area contributed by atoms with Crippen molar-refractivity contribution in [3.63, 3.8) is 0 Å². The fourth-order valence-corrected chi connectivity index (χ4v) is 4.71. The lowest BCUT2D eigenvalue weighted by atomic mass is 9.91. The lowest BCUT2D eigenvalue weighted by Crippen LogP contribution is -2.37. The Kier molecular flexibility index (Phi) is 5.37. The third-order valence-electron chi connectivity index (χ3n) is 6.34. The minimum Gasteiger partial charge on any atom is -0.378 e. The van der Waals surface area contributed by atoms with Gasteiger partial charge in [-0.2, -0.15) is 5.26 Å². The van der Waals surface area contributed by atoms with E-state index in [1.807, 2.05) is 12.1 Å². The minimum atomic E-state index is 0.201. The van der Waals surface area contributed by atoms with Gasteiger partial charge in [0.1, 0.15) is 0 Å². The molecule has 1 atom stereocenters. The zero-order chi connectivity index (χ0) is 21.2. The summed E-state index contributed by atoms with van der Waals surface area (Å²) in [6.45, 7) is 5.00. The third kappa shape index (κ3) is 3.90. The van der Waals surface area contributed by atoms with E-state index >= 15 is 0 Å². The van der Waals surface area contributed by atoms with E-state index in [-0.39, 0.29) is 6.04 Å². The largest absolute Gasteiger partial charge is 0.378 e. The van der Waals surface area contributed by atoms with Crippen molar-refractivity contribution in [2.24, 2.45) is 0 Å². The van der Waals surface area contributed by atoms with E-state index in [1.54, 1.807) is 0 Å². The summed E-state index contributed by atoms with van der Waals surface area (Å²) in [4.78, 5) is 0. The number of benzene rings is 2. The summed E-state index contributed by atoms with van der Waals surface area (Å²) in [7, 11) is 0. The van der Waals surface area contributed by atoms with Crippen LogP contribution in [0.5, 0.6) is 0 Å². The highest BCUT2D eigenvalue weighted by atomic mass is 15.7. The highest BCUT2D eigenvalue weighted by Gasteiger charge is 2.30. The first-order valence-corrected chi connectivity index (χ1v) is 11.0. The van der Waals surface area contributed by atoms with Crippen molar-refractivity contribution in [1.29, 1.82) is 5.26 Å². The lowest BCUT2D eigenvalue weighted by molar-refractivity contribution is 0.281. The predicted molar refractivity (Wildman–Crippen MR) is 124 cm³/mol. The second kappa shape index (κ2) is 8.46. The van der Waals surface area contributed by atoms with Crippen LogP contribution in [-0.2, 0) is 6.42 Å². The Balaban J connectivity index is 1.53. The van der Waals surface area contributed by atoms with Crippen LogP contribution in [0.25, 0.3) is 11.3 Å². The van der Waals surface area contributed by atoms with Gasteiger partial charge in [0.05, 0.1) is 29.9 Å². The molecule has 0 saturated heterocycles. The number of nitrogens with zero attached hydrogens (tertiary/aromatic N) is 2. The number of rotatable bonds is 4. The van der Waals surface area contributed by atoms with Crippen molar-refractivity contribution in [2.75, 3.05) is 25.0 Å². The maximum Gasteiger partial charge on any atom is 0.0814 e. The normalized spacial score (nSPS) is 20.2. The molecule has 0 bridgehead atoms. The summed E-state index contributed by atoms with van der Waals surface area (Å²) in [5.41, 5.74) is 16.4. The first kappa shape index (κ1) is 19.7. The van der Waals surface area contributed by atoms with Gasteiger partial charge >= 0.3 is 0 Å². The van der Waals surface area contributed by atoms with Gasteiger partial charge in [0.15, 0.2) is 0 Å². The Bertz CT molecular complexity index is 1080. The number of hydrogen-bond acceptors (Lipinski definition) is 6. The zero-order valence-corrected chi connectivity index (χ0v) is 17.8. The van der Waals surface area contributed by atoms with Gasteiger partial charge in [0.2, 0.25) is 0 Å². The fourth-order valence-electron chi connectivity index (χ4n) is 4.71. The van der Waals surface area contributed by atoms with E-state index in [2.05, 4.69) is 76.0 Å². The molecule has 0 aromatic heterocycles. The molecule has 31 heavy (non-hydrogen) atoms. The second-order valence-corrected chi connectivity index (χ2v) is 8.36. The summed E-state index contributed by atoms with van der Waals surface area (Å²) in [6.07, 6.45) is 4.80. The SMILES string of the molecule is CC1=C2c3ccc(C4=CCNCC4)cc3C(Nc3ccc(CC#N)cc3)CCN2NN1. The second-order valence-electron chi connectivity index (χ2n) is 8.36. The van der Waals surface area contributed by atoms with Crippen LogP contribution >= 0.6 is 0 Å². The number of anilines is 1. The van der Waals surface area contributed by atoms with Crippen LogP contribution in [0.4, 0.5) is 5.69 Å². The quantitative estimate of drug-likeness (QED) is 0.614. The van der Waals surface area contributed by atoms with Gasteiger partial charge in [-0.15, -0.1) is 5.53 Å². The average molecular weight is 413 g/mol. The van der Waals surface area contributed by atoms with Gasteiger partial charge in [0.25, 0.3) is 0 Å². The van der Waals surface area contributed by atoms with Crippen LogP contribution in [0.2, 0.25) is 0 Å². The molecule has 0 fully saturated rings. The smallest absolute Gasteiger partial charge is 0.0814 e. The first-order chi connectivity index (χ1) is 15.2. The van der Waals surface area contributed by atoms with E-state index in [4.69, 9.17) is 5.26 Å². The van der Waals surface area contributed by atoms with E-state index < -0.39 is 0 Å². The van der Waals surface area contributed by atoms with Gasteiger partial charge in [-0.25, -0.2) is 0 Å². The van der Waals surface area contributed by atoms with Crippen molar-refractivity contribution >= 4 is 17.0 Å². The van der Waals surface area contributed by atoms with Crippen LogP contribution < -0.4 is 21.6 Å². The first-order valence-electron chi connectivity index (χ1n) is 11.0. The molecule has 5 rings (SSSR count). The summed E-state index contributed by atoms with van der Waals surface area (Å²) in [5, 5.41) is 18.3. The van der Waals surface area contributed by atoms with E-state index in [0.717, 1.165) is 49.4 Å². The average Bonchev–Trinajstić information content (AvgIpc) is 3.10. The molecule has 0 radical (unpaired) electrons. The number of hydrazine groups is 2. The molecule has 0 amide bonds. The molecular weight excluding hydrogens is 384 g/mol. The molecule has 6 nitrogen and oxygen atoms in total. The minimum absolute atomic E-state index is 0.201. The van der Waals surface area contributed by atoms with Gasteiger partial charge < -0.3 is 16.1 Å². The van der Waals surface area contributed by atoms with Gasteiger partial charge in [-0.3, -0.25) is 5.01 Å². The number of nitrogens with one attached hydrogen (secondary N) is 4. The third-order valence-corrected chi connectivity index (χ3v) is 6.34. The van der Waals surface area contributed by atoms with Crippen LogP contribution in [-0.4, -0.2) is 24.6 Å². The Hall–Kier alpha value is -3.27. The van der Waals surface area contributed by atoms with E-state index in [0.29, 0.717) is 6.42 Å². The number of fused-ring (bicyclic) bond motifs is 3. The monoisotopic (exact) mass is 412 g/mol. The maximum atomic E-state index is 8.93.